The molecule has 0 radical (unpaired) electrons. The summed E-state index contributed by atoms with van der Waals surface area (Å²) in [5, 5.41) is 4.42. The minimum Gasteiger partial charge on any atom is -0.245 e. The minimum absolute atomic E-state index is 0.261. The van der Waals surface area contributed by atoms with Crippen LogP contribution in [0.1, 0.15) is 5.69 Å². The molecule has 0 unspecified atom stereocenters. The maximum absolute atomic E-state index is 12.9. The summed E-state index contributed by atoms with van der Waals surface area (Å²) in [4.78, 5) is 8.10. The molecule has 94 valence electrons. The smallest absolute Gasteiger partial charge is 0.123 e. The quantitative estimate of drug-likeness (QED) is 0.706. The molecular weight excluding hydrogens is 243 g/mol. The third kappa shape index (κ3) is 2.22. The molecule has 0 fully saturated rings. The van der Waals surface area contributed by atoms with Gasteiger partial charge in [0.25, 0.3) is 0 Å². The van der Waals surface area contributed by atoms with Gasteiger partial charge in [-0.2, -0.15) is 5.10 Å². The fourth-order valence-electron chi connectivity index (χ4n) is 1.89. The topological polar surface area (TPSA) is 43.6 Å². The standard InChI is InChI=1S/C14H11FN4/c1-10-13(14-6-7-16-9-17-14)8-19(18-10)12-4-2-11(15)3-5-12/h2-9H,1H3. The van der Waals surface area contributed by atoms with Crippen LogP contribution in [0.3, 0.4) is 0 Å². The molecule has 0 atom stereocenters. The molecule has 4 nitrogen and oxygen atoms in total. The predicted octanol–water partition coefficient (Wildman–Crippen LogP) is 2.78. The van der Waals surface area contributed by atoms with Crippen molar-refractivity contribution >= 4 is 0 Å². The van der Waals surface area contributed by atoms with E-state index in [9.17, 15) is 4.39 Å². The Morgan fingerprint density at radius 2 is 1.89 bits per heavy atom. The van der Waals surface area contributed by atoms with Gasteiger partial charge in [-0.1, -0.05) is 0 Å². The average molecular weight is 254 g/mol. The van der Waals surface area contributed by atoms with Gasteiger partial charge in [0.2, 0.25) is 0 Å². The van der Waals surface area contributed by atoms with Crippen molar-refractivity contribution in [1.29, 1.82) is 0 Å². The lowest BCUT2D eigenvalue weighted by Gasteiger charge is -1.99. The molecular formula is C14H11FN4. The van der Waals surface area contributed by atoms with Crippen molar-refractivity contribution in [3.05, 3.63) is 60.6 Å². The number of aromatic nitrogens is 4. The lowest BCUT2D eigenvalue weighted by atomic mass is 10.2. The van der Waals surface area contributed by atoms with Crippen LogP contribution < -0.4 is 0 Å². The minimum atomic E-state index is -0.261. The molecule has 19 heavy (non-hydrogen) atoms. The molecule has 0 amide bonds. The summed E-state index contributed by atoms with van der Waals surface area (Å²) in [6.07, 6.45) is 5.08. The molecule has 0 N–H and O–H groups in total. The molecule has 1 aromatic carbocycles. The van der Waals surface area contributed by atoms with E-state index in [0.717, 1.165) is 22.6 Å². The Morgan fingerprint density at radius 3 is 2.58 bits per heavy atom. The van der Waals surface area contributed by atoms with Crippen molar-refractivity contribution in [2.45, 2.75) is 6.92 Å². The van der Waals surface area contributed by atoms with Gasteiger partial charge in [0.1, 0.15) is 12.1 Å². The zero-order valence-electron chi connectivity index (χ0n) is 10.3. The Balaban J connectivity index is 2.04. The summed E-state index contributed by atoms with van der Waals surface area (Å²) in [6, 6.07) is 8.03. The highest BCUT2D eigenvalue weighted by Crippen LogP contribution is 2.21. The lowest BCUT2D eigenvalue weighted by Crippen LogP contribution is -1.94. The van der Waals surface area contributed by atoms with Gasteiger partial charge in [-0.05, 0) is 37.3 Å². The van der Waals surface area contributed by atoms with E-state index >= 15 is 0 Å². The fourth-order valence-corrected chi connectivity index (χ4v) is 1.89. The van der Waals surface area contributed by atoms with Gasteiger partial charge in [0, 0.05) is 18.0 Å². The van der Waals surface area contributed by atoms with Crippen LogP contribution in [0.25, 0.3) is 16.9 Å². The number of hydrogen-bond acceptors (Lipinski definition) is 3. The number of halogens is 1. The largest absolute Gasteiger partial charge is 0.245 e. The first-order chi connectivity index (χ1) is 9.24. The summed E-state index contributed by atoms with van der Waals surface area (Å²) >= 11 is 0. The van der Waals surface area contributed by atoms with Gasteiger partial charge in [0.15, 0.2) is 0 Å². The second-order valence-corrected chi connectivity index (χ2v) is 4.14. The molecule has 5 heteroatoms. The fraction of sp³-hybridized carbons (Fsp3) is 0.0714. The van der Waals surface area contributed by atoms with Gasteiger partial charge < -0.3 is 0 Å². The monoisotopic (exact) mass is 254 g/mol. The van der Waals surface area contributed by atoms with E-state index in [1.165, 1.54) is 18.5 Å². The van der Waals surface area contributed by atoms with Crippen LogP contribution in [0.15, 0.2) is 49.1 Å². The van der Waals surface area contributed by atoms with Crippen molar-refractivity contribution in [2.75, 3.05) is 0 Å². The first kappa shape index (κ1) is 11.5. The summed E-state index contributed by atoms with van der Waals surface area (Å²) in [7, 11) is 0. The van der Waals surface area contributed by atoms with Gasteiger partial charge in [-0.3, -0.25) is 0 Å². The van der Waals surface area contributed by atoms with E-state index < -0.39 is 0 Å². The van der Waals surface area contributed by atoms with E-state index in [4.69, 9.17) is 0 Å². The molecule has 0 saturated carbocycles. The van der Waals surface area contributed by atoms with Gasteiger partial charge in [-0.25, -0.2) is 19.0 Å². The molecule has 3 rings (SSSR count). The van der Waals surface area contributed by atoms with Crippen molar-refractivity contribution in [1.82, 2.24) is 19.7 Å². The Morgan fingerprint density at radius 1 is 1.11 bits per heavy atom. The Kier molecular flexibility index (Phi) is 2.79. The highest BCUT2D eigenvalue weighted by molar-refractivity contribution is 5.61. The molecule has 2 aromatic heterocycles. The number of nitrogens with zero attached hydrogens (tertiary/aromatic N) is 4. The second kappa shape index (κ2) is 4.61. The van der Waals surface area contributed by atoms with Crippen LogP contribution >= 0.6 is 0 Å². The number of rotatable bonds is 2. The zero-order valence-corrected chi connectivity index (χ0v) is 10.3. The van der Waals surface area contributed by atoms with E-state index in [1.54, 1.807) is 23.0 Å². The summed E-state index contributed by atoms with van der Waals surface area (Å²) in [6.45, 7) is 1.91. The van der Waals surface area contributed by atoms with Crippen molar-refractivity contribution in [3.63, 3.8) is 0 Å². The summed E-state index contributed by atoms with van der Waals surface area (Å²) < 4.78 is 14.6. The molecule has 0 bridgehead atoms. The predicted molar refractivity (Wildman–Crippen MR) is 69.3 cm³/mol. The van der Waals surface area contributed by atoms with E-state index in [2.05, 4.69) is 15.1 Å². The number of aryl methyl sites for hydroxylation is 1. The number of hydrogen-bond donors (Lipinski definition) is 0. The first-order valence-corrected chi connectivity index (χ1v) is 5.82. The maximum Gasteiger partial charge on any atom is 0.123 e. The second-order valence-electron chi connectivity index (χ2n) is 4.14. The summed E-state index contributed by atoms with van der Waals surface area (Å²) in [5.41, 5.74) is 3.43. The molecule has 0 aliphatic carbocycles. The molecule has 3 aromatic rings. The Labute approximate surface area is 109 Å². The van der Waals surface area contributed by atoms with Gasteiger partial charge in [0.05, 0.1) is 17.1 Å². The van der Waals surface area contributed by atoms with Crippen LogP contribution in [0.2, 0.25) is 0 Å². The normalized spacial score (nSPS) is 10.6. The van der Waals surface area contributed by atoms with Gasteiger partial charge >= 0.3 is 0 Å². The Hall–Kier alpha value is -2.56. The third-order valence-corrected chi connectivity index (χ3v) is 2.85. The van der Waals surface area contributed by atoms with Crippen LogP contribution in [0.4, 0.5) is 4.39 Å². The van der Waals surface area contributed by atoms with Crippen molar-refractivity contribution < 1.29 is 4.39 Å². The van der Waals surface area contributed by atoms with Crippen LogP contribution in [-0.4, -0.2) is 19.7 Å². The lowest BCUT2D eigenvalue weighted by molar-refractivity contribution is 0.627. The zero-order chi connectivity index (χ0) is 13.2. The van der Waals surface area contributed by atoms with E-state index in [1.807, 2.05) is 19.2 Å². The van der Waals surface area contributed by atoms with Crippen molar-refractivity contribution in [2.24, 2.45) is 0 Å². The van der Waals surface area contributed by atoms with Gasteiger partial charge in [-0.15, -0.1) is 0 Å². The van der Waals surface area contributed by atoms with E-state index in [-0.39, 0.29) is 5.82 Å². The van der Waals surface area contributed by atoms with Crippen molar-refractivity contribution in [3.8, 4) is 16.9 Å². The molecule has 0 aliphatic rings. The first-order valence-electron chi connectivity index (χ1n) is 5.82. The molecule has 2 heterocycles. The Bertz CT molecular complexity index is 689. The highest BCUT2D eigenvalue weighted by Gasteiger charge is 2.09. The number of benzene rings is 1. The molecule has 0 aliphatic heterocycles. The maximum atomic E-state index is 12.9. The van der Waals surface area contributed by atoms with Crippen LogP contribution in [0.5, 0.6) is 0 Å². The third-order valence-electron chi connectivity index (χ3n) is 2.85. The van der Waals surface area contributed by atoms with Crippen LogP contribution in [0, 0.1) is 12.7 Å². The molecule has 0 saturated heterocycles. The van der Waals surface area contributed by atoms with E-state index in [0.29, 0.717) is 0 Å². The van der Waals surface area contributed by atoms with Crippen LogP contribution in [-0.2, 0) is 0 Å². The summed E-state index contributed by atoms with van der Waals surface area (Å²) in [5.74, 6) is -0.261. The SMILES string of the molecule is Cc1nn(-c2ccc(F)cc2)cc1-c1ccncn1. The highest BCUT2D eigenvalue weighted by atomic mass is 19.1. The average Bonchev–Trinajstić information content (AvgIpc) is 2.83. The molecule has 0 spiro atoms.